The standard InChI is InChI=1S/C14H10Cl2N2O3S/c15-10-5-3-6-11(16)14(10)18-22(19,20)8-12-9-4-1-2-7-13(9)21-17-12/h1-7,18H,8H2. The van der Waals surface area contributed by atoms with E-state index >= 15 is 0 Å². The molecule has 0 spiro atoms. The van der Waals surface area contributed by atoms with Crippen LogP contribution < -0.4 is 4.72 Å². The maximum Gasteiger partial charge on any atom is 0.238 e. The molecule has 0 radical (unpaired) electrons. The van der Waals surface area contributed by atoms with Crippen LogP contribution in [0, 0.1) is 0 Å². The van der Waals surface area contributed by atoms with Gasteiger partial charge in [0.25, 0.3) is 0 Å². The number of sulfonamides is 1. The summed E-state index contributed by atoms with van der Waals surface area (Å²) in [4.78, 5) is 0. The number of aromatic nitrogens is 1. The Morgan fingerprint density at radius 1 is 1.05 bits per heavy atom. The summed E-state index contributed by atoms with van der Waals surface area (Å²) < 4.78 is 32.1. The summed E-state index contributed by atoms with van der Waals surface area (Å²) in [6.07, 6.45) is 0. The van der Waals surface area contributed by atoms with Crippen molar-refractivity contribution in [1.82, 2.24) is 5.16 Å². The van der Waals surface area contributed by atoms with Gasteiger partial charge in [-0.15, -0.1) is 0 Å². The number of nitrogens with one attached hydrogen (secondary N) is 1. The van der Waals surface area contributed by atoms with E-state index in [4.69, 9.17) is 27.7 Å². The minimum atomic E-state index is -3.74. The number of halogens is 2. The number of nitrogens with zero attached hydrogens (tertiary/aromatic N) is 1. The summed E-state index contributed by atoms with van der Waals surface area (Å²) in [6.45, 7) is 0. The molecule has 1 aromatic heterocycles. The molecule has 0 saturated heterocycles. The van der Waals surface area contributed by atoms with Crippen LogP contribution in [0.4, 0.5) is 5.69 Å². The molecular formula is C14H10Cl2N2O3S. The number of hydrogen-bond donors (Lipinski definition) is 1. The van der Waals surface area contributed by atoms with Crippen LogP contribution in [0.3, 0.4) is 0 Å². The molecule has 3 aromatic rings. The molecule has 0 bridgehead atoms. The van der Waals surface area contributed by atoms with Crippen LogP contribution in [0.25, 0.3) is 11.0 Å². The highest BCUT2D eigenvalue weighted by atomic mass is 35.5. The Bertz CT molecular complexity index is 918. The first-order valence-electron chi connectivity index (χ1n) is 6.24. The SMILES string of the molecule is O=S(=O)(Cc1noc2ccccc12)Nc1c(Cl)cccc1Cl. The van der Waals surface area contributed by atoms with Crippen LogP contribution in [-0.2, 0) is 15.8 Å². The molecule has 0 aliphatic carbocycles. The molecule has 1 heterocycles. The summed E-state index contributed by atoms with van der Waals surface area (Å²) in [7, 11) is -3.74. The maximum absolute atomic E-state index is 12.3. The Kier molecular flexibility index (Phi) is 3.99. The Balaban J connectivity index is 1.91. The second kappa shape index (κ2) is 5.79. The molecule has 0 atom stereocenters. The maximum atomic E-state index is 12.3. The van der Waals surface area contributed by atoms with Gasteiger partial charge in [-0.3, -0.25) is 4.72 Å². The Morgan fingerprint density at radius 3 is 2.45 bits per heavy atom. The van der Waals surface area contributed by atoms with Crippen molar-refractivity contribution in [1.29, 1.82) is 0 Å². The third-order valence-electron chi connectivity index (χ3n) is 3.00. The first kappa shape index (κ1) is 15.1. The van der Waals surface area contributed by atoms with E-state index in [1.54, 1.807) is 42.5 Å². The first-order chi connectivity index (χ1) is 10.5. The monoisotopic (exact) mass is 356 g/mol. The first-order valence-corrected chi connectivity index (χ1v) is 8.65. The van der Waals surface area contributed by atoms with Crippen molar-refractivity contribution in [2.75, 3.05) is 4.72 Å². The summed E-state index contributed by atoms with van der Waals surface area (Å²) in [5.41, 5.74) is 1.01. The second-order valence-electron chi connectivity index (χ2n) is 4.58. The predicted octanol–water partition coefficient (Wildman–Crippen LogP) is 4.08. The van der Waals surface area contributed by atoms with Gasteiger partial charge in [-0.2, -0.15) is 0 Å². The molecule has 0 aliphatic rings. The van der Waals surface area contributed by atoms with E-state index in [2.05, 4.69) is 9.88 Å². The van der Waals surface area contributed by atoms with Gasteiger partial charge in [0.05, 0.1) is 15.7 Å². The van der Waals surface area contributed by atoms with E-state index < -0.39 is 10.0 Å². The van der Waals surface area contributed by atoms with Crippen molar-refractivity contribution in [3.63, 3.8) is 0 Å². The number of rotatable bonds is 4. The second-order valence-corrected chi connectivity index (χ2v) is 7.12. The molecule has 0 aliphatic heterocycles. The molecule has 8 heteroatoms. The van der Waals surface area contributed by atoms with Crippen molar-refractivity contribution in [3.8, 4) is 0 Å². The topological polar surface area (TPSA) is 72.2 Å². The van der Waals surface area contributed by atoms with Crippen molar-refractivity contribution < 1.29 is 12.9 Å². The van der Waals surface area contributed by atoms with Gasteiger partial charge in [-0.1, -0.05) is 46.6 Å². The highest BCUT2D eigenvalue weighted by Crippen LogP contribution is 2.31. The zero-order valence-corrected chi connectivity index (χ0v) is 13.4. The predicted molar refractivity (Wildman–Crippen MR) is 86.7 cm³/mol. The van der Waals surface area contributed by atoms with Gasteiger partial charge < -0.3 is 4.52 Å². The number of fused-ring (bicyclic) bond motifs is 1. The van der Waals surface area contributed by atoms with Gasteiger partial charge in [-0.05, 0) is 24.3 Å². The van der Waals surface area contributed by atoms with Crippen LogP contribution in [0.15, 0.2) is 47.0 Å². The third-order valence-corrected chi connectivity index (χ3v) is 4.80. The molecule has 5 nitrogen and oxygen atoms in total. The Hall–Kier alpha value is -1.76. The van der Waals surface area contributed by atoms with Crippen molar-refractivity contribution >= 4 is 49.9 Å². The number of hydrogen-bond acceptors (Lipinski definition) is 4. The zero-order chi connectivity index (χ0) is 15.7. The van der Waals surface area contributed by atoms with Crippen LogP contribution in [0.1, 0.15) is 5.69 Å². The Labute approximate surface area is 136 Å². The van der Waals surface area contributed by atoms with Crippen molar-refractivity contribution in [3.05, 3.63) is 58.2 Å². The molecule has 2 aromatic carbocycles. The molecule has 3 rings (SSSR count). The van der Waals surface area contributed by atoms with Gasteiger partial charge in [0.1, 0.15) is 11.4 Å². The number of benzene rings is 2. The van der Waals surface area contributed by atoms with E-state index in [1.807, 2.05) is 0 Å². The number of para-hydroxylation sites is 2. The zero-order valence-electron chi connectivity index (χ0n) is 11.1. The Morgan fingerprint density at radius 2 is 1.73 bits per heavy atom. The smallest absolute Gasteiger partial charge is 0.238 e. The van der Waals surface area contributed by atoms with E-state index in [9.17, 15) is 8.42 Å². The fourth-order valence-corrected chi connectivity index (χ4v) is 3.78. The average Bonchev–Trinajstić information content (AvgIpc) is 2.86. The molecular weight excluding hydrogens is 347 g/mol. The lowest BCUT2D eigenvalue weighted by Gasteiger charge is -2.10. The van der Waals surface area contributed by atoms with Gasteiger partial charge in [-0.25, -0.2) is 8.42 Å². The van der Waals surface area contributed by atoms with Gasteiger partial charge in [0, 0.05) is 5.39 Å². The van der Waals surface area contributed by atoms with E-state index in [-0.39, 0.29) is 21.5 Å². The molecule has 114 valence electrons. The van der Waals surface area contributed by atoms with Crippen LogP contribution in [0.5, 0.6) is 0 Å². The van der Waals surface area contributed by atoms with Gasteiger partial charge >= 0.3 is 0 Å². The van der Waals surface area contributed by atoms with E-state index in [1.165, 1.54) is 0 Å². The molecule has 1 N–H and O–H groups in total. The highest BCUT2D eigenvalue weighted by Gasteiger charge is 2.19. The fraction of sp³-hybridized carbons (Fsp3) is 0.0714. The van der Waals surface area contributed by atoms with Crippen molar-refractivity contribution in [2.45, 2.75) is 5.75 Å². The normalized spacial score (nSPS) is 11.7. The van der Waals surface area contributed by atoms with E-state index in [0.29, 0.717) is 16.7 Å². The summed E-state index contributed by atoms with van der Waals surface area (Å²) >= 11 is 11.9. The summed E-state index contributed by atoms with van der Waals surface area (Å²) in [5.74, 6) is -0.342. The van der Waals surface area contributed by atoms with Crippen LogP contribution in [0.2, 0.25) is 10.0 Å². The molecule has 0 fully saturated rings. The van der Waals surface area contributed by atoms with Crippen LogP contribution >= 0.6 is 23.2 Å². The lowest BCUT2D eigenvalue weighted by Crippen LogP contribution is -2.16. The minimum absolute atomic E-state index is 0.152. The lowest BCUT2D eigenvalue weighted by atomic mass is 10.2. The quantitative estimate of drug-likeness (QED) is 0.764. The minimum Gasteiger partial charge on any atom is -0.356 e. The molecule has 0 unspecified atom stereocenters. The van der Waals surface area contributed by atoms with Gasteiger partial charge in [0.2, 0.25) is 10.0 Å². The van der Waals surface area contributed by atoms with Gasteiger partial charge in [0.15, 0.2) is 5.58 Å². The lowest BCUT2D eigenvalue weighted by molar-refractivity contribution is 0.448. The summed E-state index contributed by atoms with van der Waals surface area (Å²) in [5, 5.41) is 4.90. The average molecular weight is 357 g/mol. The van der Waals surface area contributed by atoms with Crippen LogP contribution in [-0.4, -0.2) is 13.6 Å². The highest BCUT2D eigenvalue weighted by molar-refractivity contribution is 7.91. The summed E-state index contributed by atoms with van der Waals surface area (Å²) in [6, 6.07) is 11.8. The molecule has 0 saturated carbocycles. The van der Waals surface area contributed by atoms with E-state index in [0.717, 1.165) is 0 Å². The third kappa shape index (κ3) is 3.04. The fourth-order valence-electron chi connectivity index (χ4n) is 2.01. The molecule has 0 amide bonds. The number of anilines is 1. The van der Waals surface area contributed by atoms with Crippen molar-refractivity contribution in [2.24, 2.45) is 0 Å². The largest absolute Gasteiger partial charge is 0.356 e. The molecule has 22 heavy (non-hydrogen) atoms.